The van der Waals surface area contributed by atoms with E-state index in [1.54, 1.807) is 0 Å². The Morgan fingerprint density at radius 3 is 1.33 bits per heavy atom. The second-order valence-electron chi connectivity index (χ2n) is 17.5. The van der Waals surface area contributed by atoms with Gasteiger partial charge < -0.3 is 0 Å². The molecule has 0 fully saturated rings. The van der Waals surface area contributed by atoms with E-state index in [-0.39, 0.29) is 0 Å². The van der Waals surface area contributed by atoms with Crippen LogP contribution in [0.1, 0.15) is 95.9 Å². The molecule has 2 unspecified atom stereocenters. The molecule has 0 spiro atoms. The summed E-state index contributed by atoms with van der Waals surface area (Å²) in [6.07, 6.45) is 20.1. The zero-order chi connectivity index (χ0) is 41.7. The van der Waals surface area contributed by atoms with Crippen LogP contribution in [0, 0.1) is 13.8 Å². The van der Waals surface area contributed by atoms with E-state index in [2.05, 4.69) is 217 Å². The number of rotatable bonds is 10. The van der Waals surface area contributed by atoms with E-state index in [1.165, 1.54) is 78.1 Å². The van der Waals surface area contributed by atoms with Gasteiger partial charge in [0, 0.05) is 60.4 Å². The summed E-state index contributed by atoms with van der Waals surface area (Å²) in [6.45, 7) is 12.4. The van der Waals surface area contributed by atoms with Crippen LogP contribution in [-0.4, -0.2) is 28.2 Å². The van der Waals surface area contributed by atoms with Crippen molar-refractivity contribution < 1.29 is 18.3 Å². The Kier molecular flexibility index (Phi) is 12.0. The quantitative estimate of drug-likeness (QED) is 0.122. The van der Waals surface area contributed by atoms with Gasteiger partial charge in [-0.3, -0.25) is 0 Å². The Morgan fingerprint density at radius 1 is 0.475 bits per heavy atom. The number of benzene rings is 5. The van der Waals surface area contributed by atoms with Gasteiger partial charge in [0.15, 0.2) is 37.2 Å². The number of hydrogen-bond donors (Lipinski definition) is 0. The fourth-order valence-electron chi connectivity index (χ4n) is 10.2. The third-order valence-corrected chi connectivity index (χ3v) is 13.2. The van der Waals surface area contributed by atoms with Crippen LogP contribution in [0.4, 0.5) is 11.4 Å². The highest BCUT2D eigenvalue weighted by Crippen LogP contribution is 2.40. The number of para-hydroxylation sites is 2. The van der Waals surface area contributed by atoms with Gasteiger partial charge >= 0.3 is 6.67 Å². The van der Waals surface area contributed by atoms with Gasteiger partial charge in [0.2, 0.25) is 0 Å². The van der Waals surface area contributed by atoms with Gasteiger partial charge in [-0.25, -0.2) is 9.13 Å². The lowest BCUT2D eigenvalue weighted by Gasteiger charge is -2.23. The van der Waals surface area contributed by atoms with E-state index < -0.39 is 0 Å². The lowest BCUT2D eigenvalue weighted by atomic mass is 9.81. The summed E-state index contributed by atoms with van der Waals surface area (Å²) in [7, 11) is 0. The zero-order valence-electron chi connectivity index (χ0n) is 36.5. The van der Waals surface area contributed by atoms with E-state index in [1.807, 2.05) is 0 Å². The molecule has 4 heteroatoms. The largest absolute Gasteiger partial charge is 0.345 e. The van der Waals surface area contributed by atoms with E-state index in [9.17, 15) is 0 Å². The highest BCUT2D eigenvalue weighted by Gasteiger charge is 2.36. The molecule has 0 N–H and O–H groups in total. The predicted molar refractivity (Wildman–Crippen MR) is 251 cm³/mol. The summed E-state index contributed by atoms with van der Waals surface area (Å²) in [6, 6.07) is 49.6. The van der Waals surface area contributed by atoms with Crippen molar-refractivity contribution in [2.24, 2.45) is 0 Å². The van der Waals surface area contributed by atoms with Crippen LogP contribution in [0.2, 0.25) is 0 Å². The van der Waals surface area contributed by atoms with Crippen LogP contribution < -0.4 is 9.13 Å². The molecule has 5 aromatic carbocycles. The molecule has 7 aromatic rings. The first-order chi connectivity index (χ1) is 29.9. The van der Waals surface area contributed by atoms with Gasteiger partial charge in [0.05, 0.1) is 0 Å². The fraction of sp³-hybridized carbons (Fsp3) is 0.263. The molecule has 0 saturated heterocycles. The maximum absolute atomic E-state index is 2.49. The normalized spacial score (nSPS) is 15.9. The molecule has 0 radical (unpaired) electrons. The van der Waals surface area contributed by atoms with E-state index in [4.69, 9.17) is 0 Å². The number of aromatic nitrogens is 2. The molecule has 2 atom stereocenters. The first kappa shape index (κ1) is 40.2. The van der Waals surface area contributed by atoms with Crippen molar-refractivity contribution in [3.05, 3.63) is 203 Å². The minimum atomic E-state index is 0.406. The molecule has 2 aromatic heterocycles. The third-order valence-electron chi connectivity index (χ3n) is 13.2. The molecule has 2 aliphatic heterocycles. The highest BCUT2D eigenvalue weighted by molar-refractivity contribution is 5.87. The molecule has 2 bridgehead atoms. The second kappa shape index (κ2) is 18.2. The van der Waals surface area contributed by atoms with E-state index >= 15 is 0 Å². The molecule has 304 valence electrons. The Bertz CT molecular complexity index is 2540. The minimum absolute atomic E-state index is 0.406. The summed E-state index contributed by atoms with van der Waals surface area (Å²) < 4.78 is 9.55. The van der Waals surface area contributed by atoms with Gasteiger partial charge in [-0.1, -0.05) is 98.8 Å². The van der Waals surface area contributed by atoms with E-state index in [0.717, 1.165) is 58.3 Å². The van der Waals surface area contributed by atoms with Gasteiger partial charge in [-0.2, -0.15) is 0 Å². The number of aryl methyl sites for hydroxylation is 6. The minimum Gasteiger partial charge on any atom is -0.205 e. The summed E-state index contributed by atoms with van der Waals surface area (Å²) in [4.78, 5) is 0. The van der Waals surface area contributed by atoms with Crippen LogP contribution in [0.25, 0.3) is 22.3 Å². The van der Waals surface area contributed by atoms with Crippen molar-refractivity contribution in [2.75, 3.05) is 6.67 Å². The molecule has 0 aliphatic carbocycles. The molecule has 4 nitrogen and oxygen atoms in total. The fourth-order valence-corrected chi connectivity index (χ4v) is 10.2. The van der Waals surface area contributed by atoms with Crippen LogP contribution >= 0.6 is 0 Å². The average Bonchev–Trinajstić information content (AvgIpc) is 3.62. The Hall–Kier alpha value is -6.26. The van der Waals surface area contributed by atoms with E-state index in [0.29, 0.717) is 11.8 Å². The maximum atomic E-state index is 2.49. The average molecular weight is 801 g/mol. The summed E-state index contributed by atoms with van der Waals surface area (Å²) in [5, 5.41) is 0. The van der Waals surface area contributed by atoms with Gasteiger partial charge in [-0.05, 0) is 119 Å². The second-order valence-corrected chi connectivity index (χ2v) is 17.5. The van der Waals surface area contributed by atoms with Crippen molar-refractivity contribution in [3.63, 3.8) is 0 Å². The number of hydrogen-bond acceptors (Lipinski definition) is 0. The Morgan fingerprint density at radius 2 is 0.885 bits per heavy atom. The van der Waals surface area contributed by atoms with Crippen molar-refractivity contribution in [2.45, 2.75) is 91.1 Å². The van der Waals surface area contributed by atoms with Crippen molar-refractivity contribution in [3.8, 4) is 22.3 Å². The van der Waals surface area contributed by atoms with Crippen LogP contribution in [0.15, 0.2) is 158 Å². The number of pyridine rings is 2. The van der Waals surface area contributed by atoms with Gasteiger partial charge in [0.1, 0.15) is 13.1 Å². The van der Waals surface area contributed by atoms with Crippen molar-refractivity contribution >= 4 is 23.8 Å². The Balaban J connectivity index is 1.09. The lowest BCUT2D eigenvalue weighted by molar-refractivity contribution is -0.697. The highest BCUT2D eigenvalue weighted by atomic mass is 15.3. The molecule has 0 amide bonds. The van der Waals surface area contributed by atoms with Gasteiger partial charge in [-0.15, -0.1) is 9.15 Å². The molecule has 4 heterocycles. The number of fused-ring (bicyclic) bond motifs is 7. The van der Waals surface area contributed by atoms with Crippen molar-refractivity contribution in [1.82, 2.24) is 0 Å². The van der Waals surface area contributed by atoms with Crippen LogP contribution in [0.5, 0.6) is 0 Å². The summed E-state index contributed by atoms with van der Waals surface area (Å²) in [5.74, 6) is 0.812. The lowest BCUT2D eigenvalue weighted by Crippen LogP contribution is -2.32. The monoisotopic (exact) mass is 800 g/mol. The molecule has 2 aliphatic rings. The summed E-state index contributed by atoms with van der Waals surface area (Å²) in [5.41, 5.74) is 19.0. The van der Waals surface area contributed by atoms with Crippen LogP contribution in [-0.2, 0) is 25.9 Å². The van der Waals surface area contributed by atoms with Crippen LogP contribution in [0.3, 0.4) is 0 Å². The van der Waals surface area contributed by atoms with Crippen molar-refractivity contribution in [1.29, 1.82) is 0 Å². The number of nitrogens with zero attached hydrogens (tertiary/aromatic N) is 4. The predicted octanol–water partition coefficient (Wildman–Crippen LogP) is 12.0. The standard InChI is InChI=1S/C57H60N4/c1-42-27-28-43(2)57-45(4)36-49(53-24-10-8-20-47(53)22-18-34-59-31-15-6-16-32-59)38-51(57)40-61-41-60(54-25-11-12-26-55(54)61)39-50-37-48(35-44(3)56(42)50)52-23-9-7-19-46(52)21-17-33-58-29-13-5-14-30-58/h5-16,19-20,23-26,29-32,35-40,42-43H,17-18,21-22,27-28,33-34,41H2,1-4H3/q+4. The smallest absolute Gasteiger partial charge is 0.205 e. The molecule has 9 rings (SSSR count). The Labute approximate surface area is 363 Å². The topological polar surface area (TPSA) is 13.8 Å². The third kappa shape index (κ3) is 8.82. The van der Waals surface area contributed by atoms with Gasteiger partial charge in [0.25, 0.3) is 11.4 Å². The SMILES string of the molecule is Cc1cc(-c2ccccc2CCC[n+]2ccccc2)cc2c1C(C)CCC(C)c1c(C)cc(-c3ccccc3CCC[n+]3ccccc3)cc1C=[N+]1C[N+](=C2)c2ccccc21. The molecular formula is C57H60N4+4. The summed E-state index contributed by atoms with van der Waals surface area (Å²) >= 11 is 0. The molecule has 0 saturated carbocycles. The first-order valence-electron chi connectivity index (χ1n) is 22.6. The molecular weight excluding hydrogens is 741 g/mol. The first-order valence-corrected chi connectivity index (χ1v) is 22.6. The molecule has 61 heavy (non-hydrogen) atoms. The maximum Gasteiger partial charge on any atom is 0.345 e. The zero-order valence-corrected chi connectivity index (χ0v) is 36.5.